The van der Waals surface area contributed by atoms with Crippen molar-refractivity contribution in [3.05, 3.63) is 24.3 Å². The fraction of sp³-hybridized carbons (Fsp3) is 0.800. The van der Waals surface area contributed by atoms with Crippen molar-refractivity contribution >= 4 is 17.7 Å². The highest BCUT2D eigenvalue weighted by atomic mass is 16.6. The predicted molar refractivity (Wildman–Crippen MR) is 169 cm³/mol. The summed E-state index contributed by atoms with van der Waals surface area (Å²) >= 11 is 0. The molecule has 0 aromatic carbocycles. The summed E-state index contributed by atoms with van der Waals surface area (Å²) in [5.41, 5.74) is 0. The number of ether oxygens (including phenoxy) is 2. The molecule has 0 saturated heterocycles. The summed E-state index contributed by atoms with van der Waals surface area (Å²) in [6.07, 6.45) is 27.9. The number of ketones is 1. The van der Waals surface area contributed by atoms with Crippen molar-refractivity contribution in [2.45, 2.75) is 162 Å². The van der Waals surface area contributed by atoms with E-state index in [9.17, 15) is 19.5 Å². The first kappa shape index (κ1) is 39.0. The average molecular weight is 579 g/mol. The smallest absolute Gasteiger partial charge is 0.306 e. The Morgan fingerprint density at radius 1 is 0.683 bits per heavy atom. The van der Waals surface area contributed by atoms with Gasteiger partial charge >= 0.3 is 11.9 Å². The zero-order valence-electron chi connectivity index (χ0n) is 26.7. The molecule has 0 heterocycles. The van der Waals surface area contributed by atoms with Crippen LogP contribution in [0.3, 0.4) is 0 Å². The van der Waals surface area contributed by atoms with Gasteiger partial charge in [0, 0.05) is 19.3 Å². The molecule has 0 aliphatic carbocycles. The second-order valence-corrected chi connectivity index (χ2v) is 11.8. The Morgan fingerprint density at radius 2 is 1.24 bits per heavy atom. The Kier molecular flexibility index (Phi) is 28.1. The minimum Gasteiger partial charge on any atom is -0.462 e. The first-order chi connectivity index (χ1) is 19.9. The molecule has 6 nitrogen and oxygen atoms in total. The van der Waals surface area contributed by atoms with E-state index in [0.717, 1.165) is 83.0 Å². The molecule has 238 valence electrons. The monoisotopic (exact) mass is 578 g/mol. The summed E-state index contributed by atoms with van der Waals surface area (Å²) in [6, 6.07) is 0. The molecule has 0 rings (SSSR count). The summed E-state index contributed by atoms with van der Waals surface area (Å²) in [7, 11) is 0. The van der Waals surface area contributed by atoms with Gasteiger partial charge in [0.15, 0.2) is 11.9 Å². The maximum absolute atomic E-state index is 12.1. The predicted octanol–water partition coefficient (Wildman–Crippen LogP) is 8.98. The molecular weight excluding hydrogens is 516 g/mol. The summed E-state index contributed by atoms with van der Waals surface area (Å²) in [4.78, 5) is 35.7. The van der Waals surface area contributed by atoms with Crippen molar-refractivity contribution in [2.75, 3.05) is 13.2 Å². The molecular formula is C35H62O6. The minimum atomic E-state index is -0.797. The summed E-state index contributed by atoms with van der Waals surface area (Å²) in [5.74, 6) is 0.341. The van der Waals surface area contributed by atoms with Crippen LogP contribution < -0.4 is 0 Å². The molecule has 1 N–H and O–H groups in total. The summed E-state index contributed by atoms with van der Waals surface area (Å²) < 4.78 is 10.5. The third kappa shape index (κ3) is 29.3. The van der Waals surface area contributed by atoms with Gasteiger partial charge in [0.25, 0.3) is 0 Å². The molecule has 0 aromatic heterocycles. The van der Waals surface area contributed by atoms with E-state index in [1.807, 2.05) is 12.2 Å². The van der Waals surface area contributed by atoms with Crippen molar-refractivity contribution in [2.24, 2.45) is 5.92 Å². The molecule has 0 aliphatic heterocycles. The van der Waals surface area contributed by atoms with Gasteiger partial charge in [-0.3, -0.25) is 14.4 Å². The van der Waals surface area contributed by atoms with E-state index >= 15 is 0 Å². The van der Waals surface area contributed by atoms with Gasteiger partial charge in [0.2, 0.25) is 0 Å². The van der Waals surface area contributed by atoms with E-state index in [-0.39, 0.29) is 30.9 Å². The zero-order chi connectivity index (χ0) is 30.4. The number of esters is 2. The van der Waals surface area contributed by atoms with E-state index in [1.165, 1.54) is 38.5 Å². The number of hydrogen-bond donors (Lipinski definition) is 1. The van der Waals surface area contributed by atoms with Crippen molar-refractivity contribution in [3.8, 4) is 0 Å². The Labute approximate surface area is 251 Å². The lowest BCUT2D eigenvalue weighted by Gasteiger charge is -2.15. The maximum atomic E-state index is 12.1. The standard InChI is InChI=1S/C35H62O6/c1-4-5-19-25-32(37)26-21-16-12-7-6-8-14-18-23-28-35(39)41-33(29-36)30-40-34(38)27-22-17-13-10-9-11-15-20-24-31(2)3/h12,16,21,26,31,33,36H,4-11,13-15,17-20,22-25,27-30H2,1-3H3/b16-12-,26-21+/t33-/m0/s1. The number of aliphatic hydroxyl groups excluding tert-OH is 1. The van der Waals surface area contributed by atoms with Gasteiger partial charge in [-0.1, -0.05) is 122 Å². The molecule has 0 fully saturated rings. The fourth-order valence-corrected chi connectivity index (χ4v) is 4.54. The topological polar surface area (TPSA) is 89.9 Å². The largest absolute Gasteiger partial charge is 0.462 e. The molecule has 0 unspecified atom stereocenters. The minimum absolute atomic E-state index is 0.0901. The van der Waals surface area contributed by atoms with E-state index < -0.39 is 6.10 Å². The fourth-order valence-electron chi connectivity index (χ4n) is 4.54. The molecule has 0 amide bonds. The first-order valence-corrected chi connectivity index (χ1v) is 16.7. The lowest BCUT2D eigenvalue weighted by Crippen LogP contribution is -2.28. The molecule has 0 aliphatic rings. The van der Waals surface area contributed by atoms with Crippen LogP contribution in [0.25, 0.3) is 0 Å². The normalized spacial score (nSPS) is 12.4. The Bertz CT molecular complexity index is 697. The number of hydrogen-bond acceptors (Lipinski definition) is 6. The molecule has 0 spiro atoms. The van der Waals surface area contributed by atoms with Crippen molar-refractivity contribution in [1.82, 2.24) is 0 Å². The van der Waals surface area contributed by atoms with E-state index in [4.69, 9.17) is 9.47 Å². The Hall–Kier alpha value is -1.95. The van der Waals surface area contributed by atoms with Crippen LogP contribution in [0.15, 0.2) is 24.3 Å². The van der Waals surface area contributed by atoms with Gasteiger partial charge in [-0.25, -0.2) is 0 Å². The van der Waals surface area contributed by atoms with Crippen LogP contribution in [-0.2, 0) is 23.9 Å². The molecule has 41 heavy (non-hydrogen) atoms. The lowest BCUT2D eigenvalue weighted by molar-refractivity contribution is -0.161. The molecule has 0 bridgehead atoms. The van der Waals surface area contributed by atoms with Gasteiger partial charge in [-0.15, -0.1) is 0 Å². The molecule has 0 radical (unpaired) electrons. The number of allylic oxidation sites excluding steroid dienone is 4. The van der Waals surface area contributed by atoms with Gasteiger partial charge in [-0.2, -0.15) is 0 Å². The second kappa shape index (κ2) is 29.5. The van der Waals surface area contributed by atoms with Crippen LogP contribution in [0.4, 0.5) is 0 Å². The SMILES string of the molecule is CCCCCC(=O)/C=C/C=C\CCCCCCCC(=O)O[C@@H](CO)COC(=O)CCCCCCCCCCC(C)C. The Morgan fingerprint density at radius 3 is 1.85 bits per heavy atom. The van der Waals surface area contributed by atoms with Crippen molar-refractivity contribution in [3.63, 3.8) is 0 Å². The van der Waals surface area contributed by atoms with Crippen LogP contribution in [0.1, 0.15) is 156 Å². The quantitative estimate of drug-likeness (QED) is 0.0412. The maximum Gasteiger partial charge on any atom is 0.306 e. The summed E-state index contributed by atoms with van der Waals surface area (Å²) in [5, 5.41) is 9.49. The van der Waals surface area contributed by atoms with E-state index in [2.05, 4.69) is 26.8 Å². The van der Waals surface area contributed by atoms with Gasteiger partial charge < -0.3 is 14.6 Å². The van der Waals surface area contributed by atoms with Crippen LogP contribution in [0, 0.1) is 5.92 Å². The molecule has 6 heteroatoms. The lowest BCUT2D eigenvalue weighted by atomic mass is 10.0. The highest BCUT2D eigenvalue weighted by Crippen LogP contribution is 2.14. The summed E-state index contributed by atoms with van der Waals surface area (Å²) in [6.45, 7) is 6.23. The third-order valence-corrected chi connectivity index (χ3v) is 7.15. The second-order valence-electron chi connectivity index (χ2n) is 11.8. The molecule has 0 aromatic rings. The van der Waals surface area contributed by atoms with Gasteiger partial charge in [-0.05, 0) is 44.1 Å². The highest BCUT2D eigenvalue weighted by molar-refractivity contribution is 5.89. The molecule has 0 saturated carbocycles. The molecule has 1 atom stereocenters. The number of carbonyl (C=O) groups is 3. The third-order valence-electron chi connectivity index (χ3n) is 7.15. The highest BCUT2D eigenvalue weighted by Gasteiger charge is 2.16. The van der Waals surface area contributed by atoms with Gasteiger partial charge in [0.1, 0.15) is 6.61 Å². The number of unbranched alkanes of at least 4 members (excludes halogenated alkanes) is 14. The van der Waals surface area contributed by atoms with Crippen LogP contribution in [0.5, 0.6) is 0 Å². The number of aliphatic hydroxyl groups is 1. The van der Waals surface area contributed by atoms with Crippen LogP contribution >= 0.6 is 0 Å². The van der Waals surface area contributed by atoms with Crippen LogP contribution in [0.2, 0.25) is 0 Å². The van der Waals surface area contributed by atoms with Crippen LogP contribution in [-0.4, -0.2) is 42.1 Å². The average Bonchev–Trinajstić information content (AvgIpc) is 2.94. The first-order valence-electron chi connectivity index (χ1n) is 16.7. The van der Waals surface area contributed by atoms with E-state index in [0.29, 0.717) is 19.3 Å². The number of carbonyl (C=O) groups excluding carboxylic acids is 3. The van der Waals surface area contributed by atoms with Crippen molar-refractivity contribution in [1.29, 1.82) is 0 Å². The van der Waals surface area contributed by atoms with Crippen molar-refractivity contribution < 1.29 is 29.0 Å². The Balaban J connectivity index is 3.68. The van der Waals surface area contributed by atoms with E-state index in [1.54, 1.807) is 6.08 Å². The number of rotatable bonds is 29. The van der Waals surface area contributed by atoms with Gasteiger partial charge in [0.05, 0.1) is 6.61 Å². The zero-order valence-corrected chi connectivity index (χ0v) is 26.7.